The predicted octanol–water partition coefficient (Wildman–Crippen LogP) is -0.309. The number of aliphatic hydroxyl groups is 1. The van der Waals surface area contributed by atoms with E-state index in [1.807, 2.05) is 0 Å². The van der Waals surface area contributed by atoms with Gasteiger partial charge in [-0.1, -0.05) is 0 Å². The molecule has 3 heteroatoms. The maximum atomic E-state index is 8.62. The molecule has 1 atom stereocenters. The van der Waals surface area contributed by atoms with E-state index in [4.69, 9.17) is 10.8 Å². The maximum absolute atomic E-state index is 8.62. The second-order valence-corrected chi connectivity index (χ2v) is 1.50. The molecule has 0 radical (unpaired) electrons. The molecule has 0 aromatic carbocycles. The molecule has 1 rings (SSSR count). The van der Waals surface area contributed by atoms with Crippen LogP contribution in [0.3, 0.4) is 0 Å². The van der Waals surface area contributed by atoms with Crippen LogP contribution in [0.2, 0.25) is 0 Å². The quantitative estimate of drug-likeness (QED) is 0.453. The average Bonchev–Trinajstić information content (AvgIpc) is 1.77. The van der Waals surface area contributed by atoms with Crippen LogP contribution >= 0.6 is 0 Å². The zero-order chi connectivity index (χ0) is 5.98. The van der Waals surface area contributed by atoms with Gasteiger partial charge in [-0.3, -0.25) is 0 Å². The summed E-state index contributed by atoms with van der Waals surface area (Å²) >= 11 is 0. The summed E-state index contributed by atoms with van der Waals surface area (Å²) < 4.78 is 4.57. The molecular formula is C5H7NO2. The maximum Gasteiger partial charge on any atom is 0.216 e. The Balaban J connectivity index is 2.58. The Labute approximate surface area is 47.1 Å². The smallest absolute Gasteiger partial charge is 0.216 e. The standard InChI is InChI=1S/C5H7NO2/c6-4-1-2-5(7)8-3-4/h1-3,5,7H,6H2. The third-order valence-electron chi connectivity index (χ3n) is 0.797. The van der Waals surface area contributed by atoms with Crippen LogP contribution in [0.4, 0.5) is 0 Å². The van der Waals surface area contributed by atoms with Crippen molar-refractivity contribution in [2.24, 2.45) is 5.73 Å². The van der Waals surface area contributed by atoms with E-state index in [9.17, 15) is 0 Å². The molecule has 0 saturated heterocycles. The Bertz CT molecular complexity index is 139. The van der Waals surface area contributed by atoms with Crippen molar-refractivity contribution in [2.75, 3.05) is 0 Å². The van der Waals surface area contributed by atoms with Gasteiger partial charge in [0.2, 0.25) is 6.29 Å². The van der Waals surface area contributed by atoms with Gasteiger partial charge in [0.25, 0.3) is 0 Å². The topological polar surface area (TPSA) is 55.5 Å². The zero-order valence-electron chi connectivity index (χ0n) is 4.24. The first kappa shape index (κ1) is 5.18. The Morgan fingerprint density at radius 1 is 1.75 bits per heavy atom. The number of ether oxygens (including phenoxy) is 1. The lowest BCUT2D eigenvalue weighted by Crippen LogP contribution is -2.10. The fraction of sp³-hybridized carbons (Fsp3) is 0.200. The molecule has 1 aliphatic rings. The van der Waals surface area contributed by atoms with Gasteiger partial charge in [0.05, 0.1) is 5.70 Å². The summed E-state index contributed by atoms with van der Waals surface area (Å²) in [5, 5.41) is 8.62. The summed E-state index contributed by atoms with van der Waals surface area (Å²) in [6.07, 6.45) is 3.55. The summed E-state index contributed by atoms with van der Waals surface area (Å²) in [5.41, 5.74) is 5.76. The van der Waals surface area contributed by atoms with Crippen LogP contribution in [0, 0.1) is 0 Å². The van der Waals surface area contributed by atoms with Gasteiger partial charge in [-0.25, -0.2) is 0 Å². The van der Waals surface area contributed by atoms with Crippen LogP contribution in [-0.4, -0.2) is 11.4 Å². The Hall–Kier alpha value is -0.960. The third-order valence-corrected chi connectivity index (χ3v) is 0.797. The van der Waals surface area contributed by atoms with E-state index < -0.39 is 6.29 Å². The largest absolute Gasteiger partial charge is 0.467 e. The van der Waals surface area contributed by atoms with Gasteiger partial charge in [0, 0.05) is 0 Å². The van der Waals surface area contributed by atoms with Gasteiger partial charge in [-0.05, 0) is 12.2 Å². The number of hydrogen-bond donors (Lipinski definition) is 2. The lowest BCUT2D eigenvalue weighted by molar-refractivity contribution is -0.0144. The molecule has 0 aromatic rings. The number of nitrogens with two attached hydrogens (primary N) is 1. The molecule has 1 heterocycles. The van der Waals surface area contributed by atoms with Gasteiger partial charge in [0.1, 0.15) is 6.26 Å². The highest BCUT2D eigenvalue weighted by Gasteiger charge is 1.99. The van der Waals surface area contributed by atoms with Crippen molar-refractivity contribution in [1.82, 2.24) is 0 Å². The van der Waals surface area contributed by atoms with Gasteiger partial charge in [-0.15, -0.1) is 0 Å². The Kier molecular flexibility index (Phi) is 1.22. The van der Waals surface area contributed by atoms with E-state index in [0.717, 1.165) is 0 Å². The van der Waals surface area contributed by atoms with E-state index in [2.05, 4.69) is 4.74 Å². The van der Waals surface area contributed by atoms with Crippen LogP contribution in [0.5, 0.6) is 0 Å². The molecule has 0 aromatic heterocycles. The van der Waals surface area contributed by atoms with Crippen molar-refractivity contribution in [3.8, 4) is 0 Å². The van der Waals surface area contributed by atoms with Crippen molar-refractivity contribution in [3.05, 3.63) is 24.1 Å². The van der Waals surface area contributed by atoms with Crippen molar-refractivity contribution in [2.45, 2.75) is 6.29 Å². The van der Waals surface area contributed by atoms with Crippen LogP contribution in [-0.2, 0) is 4.74 Å². The minimum absolute atomic E-state index is 0.523. The van der Waals surface area contributed by atoms with Gasteiger partial charge < -0.3 is 15.6 Å². The van der Waals surface area contributed by atoms with Crippen molar-refractivity contribution in [3.63, 3.8) is 0 Å². The lowest BCUT2D eigenvalue weighted by Gasteiger charge is -2.08. The summed E-state index contributed by atoms with van der Waals surface area (Å²) in [4.78, 5) is 0. The van der Waals surface area contributed by atoms with Gasteiger partial charge >= 0.3 is 0 Å². The number of aliphatic hydroxyl groups excluding tert-OH is 1. The monoisotopic (exact) mass is 113 g/mol. The van der Waals surface area contributed by atoms with Gasteiger partial charge in [0.15, 0.2) is 0 Å². The first-order valence-corrected chi connectivity index (χ1v) is 2.26. The molecule has 0 spiro atoms. The van der Waals surface area contributed by atoms with Crippen LogP contribution in [0.1, 0.15) is 0 Å². The fourth-order valence-electron chi connectivity index (χ4n) is 0.426. The summed E-state index contributed by atoms with van der Waals surface area (Å²) in [5.74, 6) is 0. The first-order valence-electron chi connectivity index (χ1n) is 2.26. The summed E-state index contributed by atoms with van der Waals surface area (Å²) in [6.45, 7) is 0. The first-order chi connectivity index (χ1) is 3.79. The van der Waals surface area contributed by atoms with Crippen LogP contribution in [0.25, 0.3) is 0 Å². The van der Waals surface area contributed by atoms with Crippen LogP contribution in [0.15, 0.2) is 24.1 Å². The molecule has 0 fully saturated rings. The lowest BCUT2D eigenvalue weighted by atomic mass is 10.4. The predicted molar refractivity (Wildman–Crippen MR) is 28.5 cm³/mol. The summed E-state index contributed by atoms with van der Waals surface area (Å²) in [6, 6.07) is 0. The number of rotatable bonds is 0. The highest BCUT2D eigenvalue weighted by molar-refractivity contribution is 5.15. The highest BCUT2D eigenvalue weighted by Crippen LogP contribution is 2.00. The van der Waals surface area contributed by atoms with Crippen molar-refractivity contribution >= 4 is 0 Å². The third kappa shape index (κ3) is 1.01. The molecule has 0 aliphatic carbocycles. The molecule has 0 amide bonds. The normalized spacial score (nSPS) is 26.6. The highest BCUT2D eigenvalue weighted by atomic mass is 16.6. The SMILES string of the molecule is NC1=COC(O)C=C1. The molecule has 8 heavy (non-hydrogen) atoms. The molecular weight excluding hydrogens is 106 g/mol. The van der Waals surface area contributed by atoms with Crippen molar-refractivity contribution < 1.29 is 9.84 Å². The van der Waals surface area contributed by atoms with E-state index in [1.165, 1.54) is 12.3 Å². The fourth-order valence-corrected chi connectivity index (χ4v) is 0.426. The van der Waals surface area contributed by atoms with E-state index >= 15 is 0 Å². The molecule has 1 unspecified atom stereocenters. The average molecular weight is 113 g/mol. The second-order valence-electron chi connectivity index (χ2n) is 1.50. The Morgan fingerprint density at radius 2 is 2.50 bits per heavy atom. The van der Waals surface area contributed by atoms with Gasteiger partial charge in [-0.2, -0.15) is 0 Å². The summed E-state index contributed by atoms with van der Waals surface area (Å²) in [7, 11) is 0. The molecule has 1 aliphatic heterocycles. The second kappa shape index (κ2) is 1.88. The molecule has 3 nitrogen and oxygen atoms in total. The minimum atomic E-state index is -0.817. The van der Waals surface area contributed by atoms with E-state index in [1.54, 1.807) is 6.08 Å². The van der Waals surface area contributed by atoms with E-state index in [-0.39, 0.29) is 0 Å². The Morgan fingerprint density at radius 3 is 2.88 bits per heavy atom. The molecule has 3 N–H and O–H groups in total. The molecule has 0 saturated carbocycles. The molecule has 44 valence electrons. The molecule has 0 bridgehead atoms. The zero-order valence-corrected chi connectivity index (χ0v) is 4.24. The number of hydrogen-bond acceptors (Lipinski definition) is 3. The number of allylic oxidation sites excluding steroid dienone is 1. The minimum Gasteiger partial charge on any atom is -0.467 e. The van der Waals surface area contributed by atoms with E-state index in [0.29, 0.717) is 5.70 Å². The van der Waals surface area contributed by atoms with Crippen LogP contribution < -0.4 is 5.73 Å². The van der Waals surface area contributed by atoms with Crippen molar-refractivity contribution in [1.29, 1.82) is 0 Å².